The summed E-state index contributed by atoms with van der Waals surface area (Å²) in [5.41, 5.74) is 2.14. The minimum atomic E-state index is -0.233. The number of nitrogens with one attached hydrogen (secondary N) is 1. The molecule has 1 N–H and O–H groups in total. The van der Waals surface area contributed by atoms with E-state index < -0.39 is 0 Å². The van der Waals surface area contributed by atoms with Crippen molar-refractivity contribution in [1.82, 2.24) is 4.90 Å². The minimum Gasteiger partial charge on any atom is -0.366 e. The molecule has 3 rings (SSSR count). The molecular weight excluding hydrogens is 465 g/mol. The zero-order valence-electron chi connectivity index (χ0n) is 14.3. The van der Waals surface area contributed by atoms with Crippen LogP contribution in [0.25, 0.3) is 0 Å². The van der Waals surface area contributed by atoms with Gasteiger partial charge >= 0.3 is 0 Å². The molecule has 5 nitrogen and oxygen atoms in total. The maximum atomic E-state index is 12.7. The first-order chi connectivity index (χ1) is 12.5. The van der Waals surface area contributed by atoms with Crippen molar-refractivity contribution in [2.45, 2.75) is 6.92 Å². The maximum absolute atomic E-state index is 12.7. The van der Waals surface area contributed by atoms with Crippen LogP contribution in [0.5, 0.6) is 0 Å². The van der Waals surface area contributed by atoms with E-state index in [4.69, 9.17) is 11.6 Å². The quantitative estimate of drug-likeness (QED) is 0.675. The van der Waals surface area contributed by atoms with E-state index in [1.54, 1.807) is 19.1 Å². The fraction of sp³-hybridized carbons (Fsp3) is 0.263. The molecule has 0 atom stereocenters. The van der Waals surface area contributed by atoms with Crippen molar-refractivity contribution in [1.29, 1.82) is 0 Å². The lowest BCUT2D eigenvalue weighted by Gasteiger charge is -2.36. The largest absolute Gasteiger partial charge is 0.366 e. The molecule has 7 heteroatoms. The zero-order chi connectivity index (χ0) is 18.7. The lowest BCUT2D eigenvalue weighted by atomic mass is 10.1. The maximum Gasteiger partial charge on any atom is 0.257 e. The fourth-order valence-corrected chi connectivity index (χ4v) is 3.67. The molecule has 1 aliphatic rings. The number of hydrogen-bond acceptors (Lipinski definition) is 3. The van der Waals surface area contributed by atoms with Gasteiger partial charge in [-0.25, -0.2) is 0 Å². The van der Waals surface area contributed by atoms with Crippen LogP contribution in [0.2, 0.25) is 5.02 Å². The number of rotatable bonds is 3. The summed E-state index contributed by atoms with van der Waals surface area (Å²) < 4.78 is 0.950. The second-order valence-electron chi connectivity index (χ2n) is 6.09. The van der Waals surface area contributed by atoms with Gasteiger partial charge in [-0.15, -0.1) is 0 Å². The predicted octanol–water partition coefficient (Wildman–Crippen LogP) is 3.87. The number of benzene rings is 2. The Balaban J connectivity index is 1.79. The third kappa shape index (κ3) is 4.29. The number of anilines is 2. The third-order valence-corrected chi connectivity index (χ3v) is 5.39. The van der Waals surface area contributed by atoms with Crippen LogP contribution in [0.1, 0.15) is 17.3 Å². The molecule has 2 aromatic carbocycles. The van der Waals surface area contributed by atoms with Gasteiger partial charge in [0.15, 0.2) is 0 Å². The first-order valence-corrected chi connectivity index (χ1v) is 9.77. The van der Waals surface area contributed by atoms with Crippen LogP contribution in [0, 0.1) is 3.57 Å². The monoisotopic (exact) mass is 483 g/mol. The Kier molecular flexibility index (Phi) is 6.03. The van der Waals surface area contributed by atoms with Crippen molar-refractivity contribution in [2.24, 2.45) is 0 Å². The van der Waals surface area contributed by atoms with Gasteiger partial charge in [0.05, 0.1) is 22.0 Å². The van der Waals surface area contributed by atoms with Gasteiger partial charge in [0, 0.05) is 36.7 Å². The Morgan fingerprint density at radius 1 is 1.08 bits per heavy atom. The van der Waals surface area contributed by atoms with Crippen LogP contribution < -0.4 is 10.2 Å². The Hall–Kier alpha value is -1.80. The van der Waals surface area contributed by atoms with Crippen LogP contribution in [0.4, 0.5) is 11.4 Å². The molecular formula is C19H19ClIN3O2. The van der Waals surface area contributed by atoms with Crippen LogP contribution >= 0.6 is 34.2 Å². The van der Waals surface area contributed by atoms with E-state index in [9.17, 15) is 9.59 Å². The molecule has 1 heterocycles. The molecule has 0 spiro atoms. The predicted molar refractivity (Wildman–Crippen MR) is 113 cm³/mol. The SMILES string of the molecule is CC(=O)N1CCN(c2ccccc2NC(=O)c2cc(I)ccc2Cl)CC1. The molecule has 1 fully saturated rings. The summed E-state index contributed by atoms with van der Waals surface area (Å²) in [4.78, 5) is 28.2. The van der Waals surface area contributed by atoms with Gasteiger partial charge in [0.2, 0.25) is 5.91 Å². The summed E-state index contributed by atoms with van der Waals surface area (Å²) in [7, 11) is 0. The number of carbonyl (C=O) groups is 2. The van der Waals surface area contributed by atoms with E-state index in [1.807, 2.05) is 35.2 Å². The van der Waals surface area contributed by atoms with Gasteiger partial charge < -0.3 is 15.1 Å². The molecule has 2 aromatic rings. The van der Waals surface area contributed by atoms with E-state index in [-0.39, 0.29) is 11.8 Å². The van der Waals surface area contributed by atoms with Crippen molar-refractivity contribution >= 4 is 57.4 Å². The van der Waals surface area contributed by atoms with E-state index in [1.165, 1.54) is 0 Å². The Labute approximate surface area is 171 Å². The Morgan fingerprint density at radius 2 is 1.77 bits per heavy atom. The van der Waals surface area contributed by atoms with Gasteiger partial charge in [0.1, 0.15) is 0 Å². The number of para-hydroxylation sites is 2. The van der Waals surface area contributed by atoms with Crippen molar-refractivity contribution < 1.29 is 9.59 Å². The molecule has 136 valence electrons. The van der Waals surface area contributed by atoms with Crippen molar-refractivity contribution in [3.05, 3.63) is 56.6 Å². The highest BCUT2D eigenvalue weighted by Crippen LogP contribution is 2.28. The summed E-state index contributed by atoms with van der Waals surface area (Å²) in [6.45, 7) is 4.42. The van der Waals surface area contributed by atoms with Crippen molar-refractivity contribution in [3.63, 3.8) is 0 Å². The molecule has 1 saturated heterocycles. The molecule has 0 unspecified atom stereocenters. The number of amides is 2. The van der Waals surface area contributed by atoms with E-state index >= 15 is 0 Å². The molecule has 0 bridgehead atoms. The molecule has 0 radical (unpaired) electrons. The minimum absolute atomic E-state index is 0.0968. The highest BCUT2D eigenvalue weighted by atomic mass is 127. The summed E-state index contributed by atoms with van der Waals surface area (Å²) in [6.07, 6.45) is 0. The smallest absolute Gasteiger partial charge is 0.257 e. The molecule has 26 heavy (non-hydrogen) atoms. The van der Waals surface area contributed by atoms with Crippen LogP contribution in [0.15, 0.2) is 42.5 Å². The van der Waals surface area contributed by atoms with E-state index in [0.717, 1.165) is 28.0 Å². The van der Waals surface area contributed by atoms with Crippen LogP contribution in [0.3, 0.4) is 0 Å². The first-order valence-electron chi connectivity index (χ1n) is 8.31. The van der Waals surface area contributed by atoms with Crippen LogP contribution in [-0.2, 0) is 4.79 Å². The molecule has 0 saturated carbocycles. The van der Waals surface area contributed by atoms with Gasteiger partial charge in [-0.1, -0.05) is 23.7 Å². The molecule has 0 aromatic heterocycles. The Morgan fingerprint density at radius 3 is 2.46 bits per heavy atom. The Bertz CT molecular complexity index is 835. The molecule has 0 aliphatic carbocycles. The lowest BCUT2D eigenvalue weighted by Crippen LogP contribution is -2.48. The average Bonchev–Trinajstić information content (AvgIpc) is 2.64. The second kappa shape index (κ2) is 8.26. The summed E-state index contributed by atoms with van der Waals surface area (Å²) in [5.74, 6) is -0.136. The topological polar surface area (TPSA) is 52.7 Å². The van der Waals surface area contributed by atoms with E-state index in [2.05, 4.69) is 32.8 Å². The highest BCUT2D eigenvalue weighted by molar-refractivity contribution is 14.1. The van der Waals surface area contributed by atoms with Crippen molar-refractivity contribution in [2.75, 3.05) is 36.4 Å². The lowest BCUT2D eigenvalue weighted by molar-refractivity contribution is -0.129. The summed E-state index contributed by atoms with van der Waals surface area (Å²) in [6, 6.07) is 13.1. The number of nitrogens with zero attached hydrogens (tertiary/aromatic N) is 2. The average molecular weight is 484 g/mol. The summed E-state index contributed by atoms with van der Waals surface area (Å²) in [5, 5.41) is 3.40. The summed E-state index contributed by atoms with van der Waals surface area (Å²) >= 11 is 8.34. The number of hydrogen-bond donors (Lipinski definition) is 1. The van der Waals surface area contributed by atoms with E-state index in [0.29, 0.717) is 23.7 Å². The van der Waals surface area contributed by atoms with Gasteiger partial charge in [0.25, 0.3) is 5.91 Å². The first kappa shape index (κ1) is 19.0. The molecule has 2 amide bonds. The normalized spacial score (nSPS) is 14.3. The standard InChI is InChI=1S/C19H19ClIN3O2/c1-13(25)23-8-10-24(11-9-23)18-5-3-2-4-17(18)22-19(26)15-12-14(21)6-7-16(15)20/h2-7,12H,8-11H2,1H3,(H,22,26). The fourth-order valence-electron chi connectivity index (χ4n) is 2.98. The second-order valence-corrected chi connectivity index (χ2v) is 7.74. The molecule has 1 aliphatic heterocycles. The van der Waals surface area contributed by atoms with Crippen LogP contribution in [-0.4, -0.2) is 42.9 Å². The zero-order valence-corrected chi connectivity index (χ0v) is 17.3. The number of halogens is 2. The highest BCUT2D eigenvalue weighted by Gasteiger charge is 2.21. The van der Waals surface area contributed by atoms with Gasteiger partial charge in [-0.3, -0.25) is 9.59 Å². The third-order valence-electron chi connectivity index (χ3n) is 4.39. The van der Waals surface area contributed by atoms with Crippen molar-refractivity contribution in [3.8, 4) is 0 Å². The number of carbonyl (C=O) groups excluding carboxylic acids is 2. The number of piperazine rings is 1. The van der Waals surface area contributed by atoms with Gasteiger partial charge in [-0.2, -0.15) is 0 Å². The van der Waals surface area contributed by atoms with Gasteiger partial charge in [-0.05, 0) is 52.9 Å².